The summed E-state index contributed by atoms with van der Waals surface area (Å²) in [4.78, 5) is 36.8. The number of nitrogens with one attached hydrogen (secondary N) is 2. The Morgan fingerprint density at radius 3 is 2.34 bits per heavy atom. The van der Waals surface area contributed by atoms with Crippen molar-refractivity contribution in [3.63, 3.8) is 0 Å². The van der Waals surface area contributed by atoms with E-state index in [4.69, 9.17) is 0 Å². The molecule has 0 spiro atoms. The van der Waals surface area contributed by atoms with Crippen LogP contribution in [-0.2, 0) is 17.5 Å². The zero-order chi connectivity index (χ0) is 29.6. The minimum atomic E-state index is -4.60. The second-order valence-electron chi connectivity index (χ2n) is 9.72. The molecule has 2 N–H and O–H groups in total. The number of amides is 2. The van der Waals surface area contributed by atoms with Crippen LogP contribution in [0.4, 0.5) is 24.8 Å². The largest absolute Gasteiger partial charge is 0.416 e. The second-order valence-corrected chi connectivity index (χ2v) is 9.72. The van der Waals surface area contributed by atoms with Crippen LogP contribution in [0.2, 0.25) is 0 Å². The number of rotatable bonds is 6. The number of aromatic nitrogens is 2. The Morgan fingerprint density at radius 2 is 1.68 bits per heavy atom. The zero-order valence-electron chi connectivity index (χ0n) is 23.1. The fourth-order valence-electron chi connectivity index (χ4n) is 4.47. The Bertz CT molecular complexity index is 1490. The Kier molecular flexibility index (Phi) is 9.37. The van der Waals surface area contributed by atoms with Gasteiger partial charge in [0, 0.05) is 62.5 Å². The van der Waals surface area contributed by atoms with Crippen molar-refractivity contribution in [2.75, 3.05) is 43.4 Å². The van der Waals surface area contributed by atoms with Gasteiger partial charge in [0.15, 0.2) is 0 Å². The van der Waals surface area contributed by atoms with Crippen LogP contribution >= 0.6 is 0 Å². The van der Waals surface area contributed by atoms with Crippen LogP contribution in [0.25, 0.3) is 0 Å². The van der Waals surface area contributed by atoms with Gasteiger partial charge in [0.1, 0.15) is 11.6 Å². The van der Waals surface area contributed by atoms with Gasteiger partial charge in [0.25, 0.3) is 5.91 Å². The molecular weight excluding hydrogens is 533 g/mol. The van der Waals surface area contributed by atoms with E-state index in [1.54, 1.807) is 25.1 Å². The quantitative estimate of drug-likeness (QED) is 0.427. The van der Waals surface area contributed by atoms with Gasteiger partial charge in [-0.3, -0.25) is 14.5 Å². The average Bonchev–Trinajstić information content (AvgIpc) is 2.92. The summed E-state index contributed by atoms with van der Waals surface area (Å²) in [5, 5.41) is 5.18. The standard InChI is InChI=1S/C30H31F3N6O2/c1-4-38-13-15-39(16-14-38)19-25-8-7-24(18-26(25)30(31,32)33)29(41)37-28-17-22(11-12-34-28)5-6-23-9-10-27(35-20(23)2)36-21(3)40/h7-12,17-18H,4,13-16,19H2,1-3H3,(H,34,37,41)(H,35,36,40). The van der Waals surface area contributed by atoms with Crippen LogP contribution in [0.15, 0.2) is 48.7 Å². The lowest BCUT2D eigenvalue weighted by Gasteiger charge is -2.34. The van der Waals surface area contributed by atoms with Crippen molar-refractivity contribution in [2.45, 2.75) is 33.5 Å². The molecule has 0 aliphatic carbocycles. The van der Waals surface area contributed by atoms with E-state index < -0.39 is 17.6 Å². The highest BCUT2D eigenvalue weighted by Gasteiger charge is 2.34. The highest BCUT2D eigenvalue weighted by atomic mass is 19.4. The van der Waals surface area contributed by atoms with Gasteiger partial charge in [-0.2, -0.15) is 13.2 Å². The molecule has 2 amide bonds. The van der Waals surface area contributed by atoms with Crippen molar-refractivity contribution in [2.24, 2.45) is 0 Å². The summed E-state index contributed by atoms with van der Waals surface area (Å²) in [7, 11) is 0. The molecule has 1 fully saturated rings. The van der Waals surface area contributed by atoms with E-state index in [2.05, 4.69) is 44.3 Å². The molecule has 0 radical (unpaired) electrons. The molecule has 41 heavy (non-hydrogen) atoms. The van der Waals surface area contributed by atoms with E-state index >= 15 is 0 Å². The number of nitrogens with zero attached hydrogens (tertiary/aromatic N) is 4. The van der Waals surface area contributed by atoms with Crippen LogP contribution in [-0.4, -0.2) is 64.3 Å². The Labute approximate surface area is 237 Å². The maximum Gasteiger partial charge on any atom is 0.416 e. The molecular formula is C30H31F3N6O2. The summed E-state index contributed by atoms with van der Waals surface area (Å²) in [6, 6.07) is 10.2. The smallest absolute Gasteiger partial charge is 0.311 e. The van der Waals surface area contributed by atoms with Crippen LogP contribution in [0, 0.1) is 18.8 Å². The molecule has 0 bridgehead atoms. The fraction of sp³-hybridized carbons (Fsp3) is 0.333. The molecule has 0 saturated carbocycles. The van der Waals surface area contributed by atoms with Crippen molar-refractivity contribution < 1.29 is 22.8 Å². The van der Waals surface area contributed by atoms with Crippen molar-refractivity contribution >= 4 is 23.5 Å². The topological polar surface area (TPSA) is 90.5 Å². The summed E-state index contributed by atoms with van der Waals surface area (Å²) in [5.41, 5.74) is 1.02. The number of halogens is 3. The molecule has 2 aromatic heterocycles. The van der Waals surface area contributed by atoms with Crippen LogP contribution in [0.1, 0.15) is 52.2 Å². The van der Waals surface area contributed by atoms with E-state index in [0.717, 1.165) is 25.7 Å². The van der Waals surface area contributed by atoms with E-state index in [1.165, 1.54) is 31.3 Å². The number of alkyl halides is 3. The molecule has 1 aliphatic heterocycles. The lowest BCUT2D eigenvalue weighted by Crippen LogP contribution is -2.45. The third kappa shape index (κ3) is 8.13. The first-order chi connectivity index (χ1) is 19.5. The first kappa shape index (κ1) is 29.7. The van der Waals surface area contributed by atoms with Gasteiger partial charge in [0.05, 0.1) is 11.3 Å². The molecule has 1 saturated heterocycles. The van der Waals surface area contributed by atoms with E-state index in [1.807, 2.05) is 4.90 Å². The lowest BCUT2D eigenvalue weighted by atomic mass is 10.0. The van der Waals surface area contributed by atoms with Gasteiger partial charge in [-0.25, -0.2) is 9.97 Å². The molecule has 3 aromatic rings. The third-order valence-corrected chi connectivity index (χ3v) is 6.72. The Morgan fingerprint density at radius 1 is 0.951 bits per heavy atom. The van der Waals surface area contributed by atoms with Crippen LogP contribution in [0.3, 0.4) is 0 Å². The Balaban J connectivity index is 1.47. The number of carbonyl (C=O) groups excluding carboxylic acids is 2. The molecule has 11 heteroatoms. The number of benzene rings is 1. The predicted octanol–water partition coefficient (Wildman–Crippen LogP) is 4.55. The zero-order valence-corrected chi connectivity index (χ0v) is 23.1. The minimum absolute atomic E-state index is 0.115. The van der Waals surface area contributed by atoms with Crippen molar-refractivity contribution in [3.8, 4) is 11.8 Å². The summed E-state index contributed by atoms with van der Waals surface area (Å²) in [6.07, 6.45) is -3.15. The number of anilines is 2. The number of piperazine rings is 1. The molecule has 214 valence electrons. The highest BCUT2D eigenvalue weighted by molar-refractivity contribution is 6.04. The maximum atomic E-state index is 14.0. The highest BCUT2D eigenvalue weighted by Crippen LogP contribution is 2.33. The van der Waals surface area contributed by atoms with Crippen LogP contribution < -0.4 is 10.6 Å². The number of hydrogen-bond acceptors (Lipinski definition) is 6. The van der Waals surface area contributed by atoms with Crippen molar-refractivity contribution in [1.82, 2.24) is 19.8 Å². The van der Waals surface area contributed by atoms with Crippen LogP contribution in [0.5, 0.6) is 0 Å². The Hall–Kier alpha value is -4.27. The van der Waals surface area contributed by atoms with Gasteiger partial charge < -0.3 is 15.5 Å². The van der Waals surface area contributed by atoms with E-state index in [9.17, 15) is 22.8 Å². The van der Waals surface area contributed by atoms with Gasteiger partial charge in [-0.15, -0.1) is 0 Å². The van der Waals surface area contributed by atoms with Crippen molar-refractivity contribution in [1.29, 1.82) is 0 Å². The summed E-state index contributed by atoms with van der Waals surface area (Å²) in [5.74, 6) is 5.61. The SMILES string of the molecule is CCN1CCN(Cc2ccc(C(=O)Nc3cc(C#Cc4ccc(NC(C)=O)nc4C)ccn3)cc2C(F)(F)F)CC1. The normalized spacial score (nSPS) is 14.2. The number of carbonyl (C=O) groups is 2. The fourth-order valence-corrected chi connectivity index (χ4v) is 4.47. The van der Waals surface area contributed by atoms with E-state index in [0.29, 0.717) is 35.7 Å². The predicted molar refractivity (Wildman–Crippen MR) is 150 cm³/mol. The number of hydrogen-bond donors (Lipinski definition) is 2. The summed E-state index contributed by atoms with van der Waals surface area (Å²) < 4.78 is 41.9. The molecule has 1 aliphatic rings. The average molecular weight is 565 g/mol. The molecule has 3 heterocycles. The van der Waals surface area contributed by atoms with Gasteiger partial charge >= 0.3 is 6.18 Å². The number of pyridine rings is 2. The van der Waals surface area contributed by atoms with Gasteiger partial charge in [0.2, 0.25) is 5.91 Å². The maximum absolute atomic E-state index is 14.0. The molecule has 0 unspecified atom stereocenters. The second kappa shape index (κ2) is 12.9. The molecule has 1 aromatic carbocycles. The number of likely N-dealkylation sites (N-methyl/N-ethyl adjacent to an activating group) is 1. The minimum Gasteiger partial charge on any atom is -0.311 e. The first-order valence-electron chi connectivity index (χ1n) is 13.2. The van der Waals surface area contributed by atoms with Crippen molar-refractivity contribution in [3.05, 3.63) is 82.2 Å². The molecule has 8 nitrogen and oxygen atoms in total. The van der Waals surface area contributed by atoms with Gasteiger partial charge in [-0.05, 0) is 55.4 Å². The third-order valence-electron chi connectivity index (χ3n) is 6.72. The summed E-state index contributed by atoms with van der Waals surface area (Å²) >= 11 is 0. The molecule has 4 rings (SSSR count). The first-order valence-corrected chi connectivity index (χ1v) is 13.2. The van der Waals surface area contributed by atoms with E-state index in [-0.39, 0.29) is 29.4 Å². The summed E-state index contributed by atoms with van der Waals surface area (Å²) in [6.45, 7) is 9.32. The number of aryl methyl sites for hydroxylation is 1. The monoisotopic (exact) mass is 564 g/mol. The molecule has 0 atom stereocenters. The lowest BCUT2D eigenvalue weighted by molar-refractivity contribution is -0.138. The van der Waals surface area contributed by atoms with Gasteiger partial charge in [-0.1, -0.05) is 24.8 Å².